The van der Waals surface area contributed by atoms with Crippen molar-refractivity contribution in [2.24, 2.45) is 4.99 Å². The zero-order valence-corrected chi connectivity index (χ0v) is 23.0. The van der Waals surface area contributed by atoms with E-state index in [1.54, 1.807) is 23.6 Å². The third kappa shape index (κ3) is 6.58. The predicted octanol–water partition coefficient (Wildman–Crippen LogP) is 5.33. The van der Waals surface area contributed by atoms with Crippen LogP contribution in [0.25, 0.3) is 10.2 Å². The van der Waals surface area contributed by atoms with Crippen molar-refractivity contribution in [3.63, 3.8) is 0 Å². The van der Waals surface area contributed by atoms with Gasteiger partial charge in [-0.2, -0.15) is 4.99 Å². The molecule has 1 aromatic carbocycles. The minimum atomic E-state index is -0.408. The van der Waals surface area contributed by atoms with Crippen LogP contribution in [0.5, 0.6) is 0 Å². The van der Waals surface area contributed by atoms with E-state index >= 15 is 0 Å². The first-order valence-corrected chi connectivity index (χ1v) is 14.9. The van der Waals surface area contributed by atoms with Gasteiger partial charge in [0, 0.05) is 11.4 Å². The van der Waals surface area contributed by atoms with Crippen molar-refractivity contribution in [1.29, 1.82) is 0 Å². The van der Waals surface area contributed by atoms with Crippen molar-refractivity contribution in [3.05, 3.63) is 57.5 Å². The van der Waals surface area contributed by atoms with Gasteiger partial charge >= 0.3 is 5.97 Å². The van der Waals surface area contributed by atoms with Gasteiger partial charge in [0.15, 0.2) is 4.80 Å². The summed E-state index contributed by atoms with van der Waals surface area (Å²) in [6, 6.07) is 4.44. The van der Waals surface area contributed by atoms with Gasteiger partial charge in [0.1, 0.15) is 10.8 Å². The molecular weight excluding hydrogens is 534 g/mol. The Balaban J connectivity index is 1.42. The summed E-state index contributed by atoms with van der Waals surface area (Å²) in [5.41, 5.74) is 2.24. The highest BCUT2D eigenvalue weighted by atomic mass is 32.2. The highest BCUT2D eigenvalue weighted by molar-refractivity contribution is 8.00. The Labute approximate surface area is 226 Å². The fourth-order valence-corrected chi connectivity index (χ4v) is 7.19. The van der Waals surface area contributed by atoms with Crippen LogP contribution in [-0.4, -0.2) is 40.5 Å². The van der Waals surface area contributed by atoms with Crippen LogP contribution in [-0.2, 0) is 33.7 Å². The maximum Gasteiger partial charge on any atom is 0.341 e. The van der Waals surface area contributed by atoms with Gasteiger partial charge in [-0.1, -0.05) is 23.8 Å². The van der Waals surface area contributed by atoms with Crippen molar-refractivity contribution in [3.8, 4) is 0 Å². The number of amides is 2. The number of carbonyl (C=O) groups excluding carboxylic acids is 3. The summed E-state index contributed by atoms with van der Waals surface area (Å²) in [5, 5.41) is 3.39. The number of allylic oxidation sites excluding steroid dienone is 1. The Bertz CT molecular complexity index is 1410. The molecule has 0 saturated heterocycles. The van der Waals surface area contributed by atoms with Crippen LogP contribution in [0.15, 0.2) is 35.8 Å². The lowest BCUT2D eigenvalue weighted by Crippen LogP contribution is -2.19. The third-order valence-electron chi connectivity index (χ3n) is 5.79. The molecule has 2 aromatic heterocycles. The van der Waals surface area contributed by atoms with Crippen LogP contribution in [0.3, 0.4) is 0 Å². The van der Waals surface area contributed by atoms with E-state index in [1.165, 1.54) is 34.8 Å². The number of nitrogens with zero attached hydrogens (tertiary/aromatic N) is 2. The van der Waals surface area contributed by atoms with Gasteiger partial charge < -0.3 is 14.6 Å². The van der Waals surface area contributed by atoms with Gasteiger partial charge in [0.05, 0.1) is 33.9 Å². The first kappa shape index (κ1) is 27.3. The molecule has 0 atom stereocenters. The number of thiazole rings is 1. The summed E-state index contributed by atoms with van der Waals surface area (Å²) in [6.45, 7) is 6.20. The first-order valence-electron chi connectivity index (χ1n) is 12.1. The normalized spacial score (nSPS) is 13.7. The van der Waals surface area contributed by atoms with Crippen molar-refractivity contribution in [2.75, 3.05) is 23.4 Å². The highest BCUT2D eigenvalue weighted by Crippen LogP contribution is 2.38. The van der Waals surface area contributed by atoms with E-state index < -0.39 is 11.9 Å². The summed E-state index contributed by atoms with van der Waals surface area (Å²) in [6.07, 6.45) is 6.57. The number of esters is 1. The number of ether oxygens (including phenoxy) is 1. The number of thioether (sulfide) groups is 1. The maximum atomic E-state index is 13.6. The van der Waals surface area contributed by atoms with Crippen molar-refractivity contribution in [2.45, 2.75) is 45.6 Å². The second-order valence-corrected chi connectivity index (χ2v) is 11.5. The number of carbonyl (C=O) groups is 3. The number of hydrogen-bond donors (Lipinski definition) is 1. The molecule has 2 heterocycles. The molecule has 0 bridgehead atoms. The standard InChI is InChI=1S/C26H28FN3O4S3/c1-3-12-30-18-11-10-16(27)13-20(18)37-26(30)29-22(32)15-35-14-21(31)28-24-23(25(33)34-4-2)17-8-6-5-7-9-19(17)36-24/h3,10-11,13H,1,4-9,12,14-15H2,2H3,(H,28,31). The van der Waals surface area contributed by atoms with Gasteiger partial charge in [0.2, 0.25) is 5.91 Å². The summed E-state index contributed by atoms with van der Waals surface area (Å²) in [7, 11) is 0. The van der Waals surface area contributed by atoms with Crippen molar-refractivity contribution < 1.29 is 23.5 Å². The number of nitrogens with one attached hydrogen (secondary N) is 1. The van der Waals surface area contributed by atoms with E-state index in [2.05, 4.69) is 16.9 Å². The molecule has 7 nitrogen and oxygen atoms in total. The quantitative estimate of drug-likeness (QED) is 0.217. The summed E-state index contributed by atoms with van der Waals surface area (Å²) in [5.74, 6) is -1.40. The Morgan fingerprint density at radius 1 is 1.22 bits per heavy atom. The van der Waals surface area contributed by atoms with Gasteiger partial charge in [-0.05, 0) is 56.4 Å². The van der Waals surface area contributed by atoms with E-state index in [0.717, 1.165) is 59.8 Å². The van der Waals surface area contributed by atoms with Gasteiger partial charge in [-0.15, -0.1) is 29.7 Å². The van der Waals surface area contributed by atoms with Crippen LogP contribution in [0, 0.1) is 5.82 Å². The number of anilines is 1. The van der Waals surface area contributed by atoms with Crippen LogP contribution >= 0.6 is 34.4 Å². The van der Waals surface area contributed by atoms with E-state index in [9.17, 15) is 18.8 Å². The number of rotatable bonds is 9. The van der Waals surface area contributed by atoms with Gasteiger partial charge in [-0.3, -0.25) is 9.59 Å². The molecule has 1 aliphatic rings. The maximum absolute atomic E-state index is 13.6. The Morgan fingerprint density at radius 2 is 2.03 bits per heavy atom. The largest absolute Gasteiger partial charge is 0.462 e. The second-order valence-electron chi connectivity index (χ2n) is 8.43. The number of aromatic nitrogens is 1. The van der Waals surface area contributed by atoms with Gasteiger partial charge in [-0.25, -0.2) is 9.18 Å². The summed E-state index contributed by atoms with van der Waals surface area (Å²) < 4.78 is 21.4. The molecule has 0 spiro atoms. The number of halogens is 1. The predicted molar refractivity (Wildman–Crippen MR) is 148 cm³/mol. The molecular formula is C26H28FN3O4S3. The van der Waals surface area contributed by atoms with E-state index in [0.29, 0.717) is 26.6 Å². The Morgan fingerprint density at radius 3 is 2.81 bits per heavy atom. The third-order valence-corrected chi connectivity index (χ3v) is 8.96. The fraction of sp³-hybridized carbons (Fsp3) is 0.385. The zero-order chi connectivity index (χ0) is 26.4. The molecule has 2 amide bonds. The summed E-state index contributed by atoms with van der Waals surface area (Å²) >= 11 is 3.82. The highest BCUT2D eigenvalue weighted by Gasteiger charge is 2.26. The molecule has 0 radical (unpaired) electrons. The molecule has 1 N–H and O–H groups in total. The summed E-state index contributed by atoms with van der Waals surface area (Å²) in [4.78, 5) is 43.7. The molecule has 4 rings (SSSR count). The topological polar surface area (TPSA) is 89.8 Å². The Kier molecular flexibility index (Phi) is 9.33. The molecule has 3 aromatic rings. The van der Waals surface area contributed by atoms with Gasteiger partial charge in [0.25, 0.3) is 5.91 Å². The molecule has 37 heavy (non-hydrogen) atoms. The molecule has 11 heteroatoms. The van der Waals surface area contributed by atoms with Crippen LogP contribution < -0.4 is 10.1 Å². The number of fused-ring (bicyclic) bond motifs is 2. The number of aryl methyl sites for hydroxylation is 1. The molecule has 0 unspecified atom stereocenters. The molecule has 196 valence electrons. The zero-order valence-electron chi connectivity index (χ0n) is 20.5. The van der Waals surface area contributed by atoms with Crippen molar-refractivity contribution >= 4 is 67.4 Å². The smallest absolute Gasteiger partial charge is 0.341 e. The minimum Gasteiger partial charge on any atom is -0.462 e. The van der Waals surface area contributed by atoms with E-state index in [4.69, 9.17) is 4.74 Å². The van der Waals surface area contributed by atoms with Crippen LogP contribution in [0.4, 0.5) is 9.39 Å². The fourth-order valence-electron chi connectivity index (χ4n) is 4.22. The van der Waals surface area contributed by atoms with E-state index in [-0.39, 0.29) is 29.8 Å². The lowest BCUT2D eigenvalue weighted by molar-refractivity contribution is -0.115. The van der Waals surface area contributed by atoms with Crippen molar-refractivity contribution in [1.82, 2.24) is 4.57 Å². The molecule has 0 fully saturated rings. The number of hydrogen-bond acceptors (Lipinski definition) is 7. The second kappa shape index (κ2) is 12.7. The monoisotopic (exact) mass is 561 g/mol. The van der Waals surface area contributed by atoms with E-state index in [1.807, 2.05) is 0 Å². The lowest BCUT2D eigenvalue weighted by Gasteiger charge is -2.08. The van der Waals surface area contributed by atoms with Crippen LogP contribution in [0.2, 0.25) is 0 Å². The molecule has 0 aliphatic heterocycles. The SMILES string of the molecule is C=CCn1c(=NC(=O)CSCC(=O)Nc2sc3c(c2C(=O)OCC)CCCCC3)sc2cc(F)ccc21. The Hall–Kier alpha value is -2.76. The lowest BCUT2D eigenvalue weighted by atomic mass is 10.1. The minimum absolute atomic E-state index is 0.00971. The van der Waals surface area contributed by atoms with Crippen LogP contribution in [0.1, 0.15) is 47.0 Å². The molecule has 1 aliphatic carbocycles. The average molecular weight is 562 g/mol. The first-order chi connectivity index (χ1) is 17.9. The number of benzene rings is 1. The molecule has 0 saturated carbocycles. The number of thiophene rings is 1. The average Bonchev–Trinajstić information content (AvgIpc) is 3.26.